The number of hydrogen-bond donors (Lipinski definition) is 1. The normalized spacial score (nSPS) is 16.5. The molecular weight excluding hydrogens is 356 g/mol. The molecule has 2 N–H and O–H groups in total. The largest absolute Gasteiger partial charge is 0.489 e. The monoisotopic (exact) mass is 378 g/mol. The van der Waals surface area contributed by atoms with Crippen LogP contribution in [0.5, 0.6) is 5.75 Å². The van der Waals surface area contributed by atoms with E-state index in [0.717, 1.165) is 23.7 Å². The standard InChI is InChI=1S/C21H22N4O3/c1-24-16-8-3-2-6-14(16)12-17(24)21(27)25-11-5-7-15(25)13-28-18-9-4-10-23-19(18)20(22)26/h2-4,6,8-10,12,15H,5,7,11,13H2,1H3,(H2,22,26)/t15-/m1/s1. The maximum atomic E-state index is 13.2. The number of nitrogens with zero attached hydrogens (tertiary/aromatic N) is 3. The number of primary amides is 1. The molecule has 0 bridgehead atoms. The molecule has 3 aromatic rings. The van der Waals surface area contributed by atoms with E-state index in [4.69, 9.17) is 10.5 Å². The molecule has 0 spiro atoms. The molecule has 144 valence electrons. The van der Waals surface area contributed by atoms with E-state index >= 15 is 0 Å². The molecule has 2 amide bonds. The van der Waals surface area contributed by atoms with Crippen molar-refractivity contribution in [2.75, 3.05) is 13.2 Å². The number of ether oxygens (including phenoxy) is 1. The van der Waals surface area contributed by atoms with Gasteiger partial charge < -0.3 is 19.9 Å². The first-order chi connectivity index (χ1) is 13.6. The Morgan fingerprint density at radius 1 is 1.25 bits per heavy atom. The van der Waals surface area contributed by atoms with Gasteiger partial charge in [0.2, 0.25) is 0 Å². The van der Waals surface area contributed by atoms with Gasteiger partial charge in [-0.15, -0.1) is 0 Å². The Hall–Kier alpha value is -3.35. The number of hydrogen-bond acceptors (Lipinski definition) is 4. The van der Waals surface area contributed by atoms with Crippen molar-refractivity contribution in [2.24, 2.45) is 12.8 Å². The Kier molecular flexibility index (Phi) is 4.73. The maximum absolute atomic E-state index is 13.2. The van der Waals surface area contributed by atoms with Crippen LogP contribution in [0.3, 0.4) is 0 Å². The molecule has 7 nitrogen and oxygen atoms in total. The summed E-state index contributed by atoms with van der Waals surface area (Å²) in [6.45, 7) is 0.978. The fourth-order valence-electron chi connectivity index (χ4n) is 3.80. The number of pyridine rings is 1. The molecule has 0 unspecified atom stereocenters. The first kappa shape index (κ1) is 18.0. The lowest BCUT2D eigenvalue weighted by Crippen LogP contribution is -2.39. The lowest BCUT2D eigenvalue weighted by Gasteiger charge is -2.25. The molecule has 0 aliphatic carbocycles. The van der Waals surface area contributed by atoms with Crippen LogP contribution in [0.25, 0.3) is 10.9 Å². The first-order valence-electron chi connectivity index (χ1n) is 9.29. The summed E-state index contributed by atoms with van der Waals surface area (Å²) in [6, 6.07) is 13.2. The third kappa shape index (κ3) is 3.19. The zero-order valence-corrected chi connectivity index (χ0v) is 15.7. The van der Waals surface area contributed by atoms with Crippen molar-refractivity contribution in [3.05, 3.63) is 60.0 Å². The highest BCUT2D eigenvalue weighted by atomic mass is 16.5. The Bertz CT molecular complexity index is 1040. The number of nitrogens with two attached hydrogens (primary N) is 1. The van der Waals surface area contributed by atoms with Gasteiger partial charge in [0.1, 0.15) is 12.3 Å². The summed E-state index contributed by atoms with van der Waals surface area (Å²) in [7, 11) is 1.91. The predicted molar refractivity (Wildman–Crippen MR) is 105 cm³/mol. The lowest BCUT2D eigenvalue weighted by molar-refractivity contribution is 0.0680. The molecule has 1 saturated heterocycles. The van der Waals surface area contributed by atoms with Crippen LogP contribution in [0, 0.1) is 0 Å². The molecule has 0 radical (unpaired) electrons. The Morgan fingerprint density at radius 2 is 2.07 bits per heavy atom. The van der Waals surface area contributed by atoms with E-state index in [1.807, 2.05) is 46.8 Å². The molecule has 7 heteroatoms. The van der Waals surface area contributed by atoms with Crippen LogP contribution in [0.15, 0.2) is 48.7 Å². The number of benzene rings is 1. The van der Waals surface area contributed by atoms with E-state index in [1.54, 1.807) is 12.1 Å². The summed E-state index contributed by atoms with van der Waals surface area (Å²) in [5.74, 6) is -0.296. The van der Waals surface area contributed by atoms with Crippen molar-refractivity contribution >= 4 is 22.7 Å². The summed E-state index contributed by atoms with van der Waals surface area (Å²) in [5.41, 5.74) is 7.15. The fourth-order valence-corrected chi connectivity index (χ4v) is 3.80. The van der Waals surface area contributed by atoms with Crippen molar-refractivity contribution < 1.29 is 14.3 Å². The second kappa shape index (κ2) is 7.34. The molecule has 2 aromatic heterocycles. The molecule has 1 aliphatic heterocycles. The van der Waals surface area contributed by atoms with E-state index in [2.05, 4.69) is 4.98 Å². The minimum Gasteiger partial charge on any atom is -0.489 e. The fraction of sp³-hybridized carbons (Fsp3) is 0.286. The lowest BCUT2D eigenvalue weighted by atomic mass is 10.2. The van der Waals surface area contributed by atoms with Gasteiger partial charge in [0.15, 0.2) is 11.4 Å². The highest BCUT2D eigenvalue weighted by Crippen LogP contribution is 2.25. The Labute approximate surface area is 162 Å². The molecule has 1 fully saturated rings. The molecule has 1 atom stereocenters. The van der Waals surface area contributed by atoms with Crippen LogP contribution >= 0.6 is 0 Å². The number of carbonyl (C=O) groups excluding carboxylic acids is 2. The predicted octanol–water partition coefficient (Wildman–Crippen LogP) is 2.36. The Morgan fingerprint density at radius 3 is 2.86 bits per heavy atom. The quantitative estimate of drug-likeness (QED) is 0.738. The van der Waals surface area contributed by atoms with Gasteiger partial charge in [0.25, 0.3) is 11.8 Å². The smallest absolute Gasteiger partial charge is 0.271 e. The van der Waals surface area contributed by atoms with Crippen molar-refractivity contribution in [1.82, 2.24) is 14.5 Å². The van der Waals surface area contributed by atoms with Gasteiger partial charge in [-0.05, 0) is 37.1 Å². The van der Waals surface area contributed by atoms with Gasteiger partial charge in [-0.3, -0.25) is 9.59 Å². The molecule has 1 aliphatic rings. The van der Waals surface area contributed by atoms with Crippen molar-refractivity contribution in [2.45, 2.75) is 18.9 Å². The highest BCUT2D eigenvalue weighted by Gasteiger charge is 2.31. The molecule has 28 heavy (non-hydrogen) atoms. The molecule has 4 rings (SSSR count). The van der Waals surface area contributed by atoms with Crippen LogP contribution in [-0.4, -0.2) is 45.5 Å². The van der Waals surface area contributed by atoms with Crippen LogP contribution in [0.2, 0.25) is 0 Å². The third-order valence-electron chi connectivity index (χ3n) is 5.24. The number of aromatic nitrogens is 2. The average molecular weight is 378 g/mol. The summed E-state index contributed by atoms with van der Waals surface area (Å²) >= 11 is 0. The van der Waals surface area contributed by atoms with Gasteiger partial charge >= 0.3 is 0 Å². The van der Waals surface area contributed by atoms with Crippen LogP contribution in [-0.2, 0) is 7.05 Å². The van der Waals surface area contributed by atoms with E-state index in [-0.39, 0.29) is 17.6 Å². The van der Waals surface area contributed by atoms with Gasteiger partial charge in [0, 0.05) is 30.7 Å². The van der Waals surface area contributed by atoms with Crippen LogP contribution in [0.4, 0.5) is 0 Å². The third-order valence-corrected chi connectivity index (χ3v) is 5.24. The summed E-state index contributed by atoms with van der Waals surface area (Å²) in [6.07, 6.45) is 3.26. The zero-order valence-electron chi connectivity index (χ0n) is 15.7. The number of likely N-dealkylation sites (tertiary alicyclic amines) is 1. The average Bonchev–Trinajstić information content (AvgIpc) is 3.31. The van der Waals surface area contributed by atoms with Crippen molar-refractivity contribution in [3.63, 3.8) is 0 Å². The number of rotatable bonds is 5. The number of fused-ring (bicyclic) bond motifs is 1. The second-order valence-corrected chi connectivity index (χ2v) is 6.97. The van der Waals surface area contributed by atoms with Gasteiger partial charge in [-0.25, -0.2) is 4.98 Å². The highest BCUT2D eigenvalue weighted by molar-refractivity contribution is 5.99. The van der Waals surface area contributed by atoms with Crippen molar-refractivity contribution in [3.8, 4) is 5.75 Å². The number of amides is 2. The number of aryl methyl sites for hydroxylation is 1. The number of para-hydroxylation sites is 1. The summed E-state index contributed by atoms with van der Waals surface area (Å²) in [5, 5.41) is 1.04. The van der Waals surface area contributed by atoms with E-state index in [1.165, 1.54) is 6.20 Å². The minimum absolute atomic E-state index is 0.00823. The minimum atomic E-state index is -0.634. The van der Waals surface area contributed by atoms with Gasteiger partial charge in [-0.2, -0.15) is 0 Å². The molecule has 1 aromatic carbocycles. The molecule has 3 heterocycles. The summed E-state index contributed by atoms with van der Waals surface area (Å²) < 4.78 is 7.75. The molecular formula is C21H22N4O3. The van der Waals surface area contributed by atoms with Crippen LogP contribution in [0.1, 0.15) is 33.8 Å². The van der Waals surface area contributed by atoms with E-state index in [0.29, 0.717) is 24.6 Å². The number of carbonyl (C=O) groups is 2. The van der Waals surface area contributed by atoms with Crippen LogP contribution < -0.4 is 10.5 Å². The van der Waals surface area contributed by atoms with E-state index in [9.17, 15) is 9.59 Å². The second-order valence-electron chi connectivity index (χ2n) is 6.97. The van der Waals surface area contributed by atoms with E-state index < -0.39 is 5.91 Å². The topological polar surface area (TPSA) is 90.4 Å². The van der Waals surface area contributed by atoms with Gasteiger partial charge in [0.05, 0.1) is 6.04 Å². The zero-order chi connectivity index (χ0) is 19.7. The SMILES string of the molecule is Cn1c(C(=O)N2CCC[C@@H]2COc2cccnc2C(N)=O)cc2ccccc21. The Balaban J connectivity index is 1.53. The van der Waals surface area contributed by atoms with Gasteiger partial charge in [-0.1, -0.05) is 18.2 Å². The molecule has 0 saturated carbocycles. The summed E-state index contributed by atoms with van der Waals surface area (Å²) in [4.78, 5) is 30.5. The van der Waals surface area contributed by atoms with Crippen molar-refractivity contribution in [1.29, 1.82) is 0 Å². The first-order valence-corrected chi connectivity index (χ1v) is 9.29. The maximum Gasteiger partial charge on any atom is 0.271 e.